The van der Waals surface area contributed by atoms with Crippen LogP contribution < -0.4 is 22.1 Å². The standard InChI is InChI=1S/C19H16N6O5.C17H12N6O5/c1-2-29-14(27)8-22-13(26)9-30-25-16-11-6-4-3-5-10(11)15-18(16)23-12(7-20)17(24-15)19(21)28;18-5-10-15(17(19)27)22-13-8-3-1-2-4-9(8)14(16(13)21-10)23-28-7-11(24)20-6-12(25)26/h3-6H,2,8-9H2,1H3,(H2,21,28)(H,22,26);1-4H,6-7H2,(H2,19,27)(H,20,24)(H,25,26). The number of esters is 1. The number of fused-ring (bicyclic) bond motifs is 6. The van der Waals surface area contributed by atoms with Crippen LogP contribution >= 0.6 is 0 Å². The summed E-state index contributed by atoms with van der Waals surface area (Å²) in [6.45, 7) is 0.0527. The highest BCUT2D eigenvalue weighted by atomic mass is 16.6. The van der Waals surface area contributed by atoms with E-state index in [1.807, 2.05) is 0 Å². The number of nitrogens with one attached hydrogen (secondary N) is 2. The third-order valence-electron chi connectivity index (χ3n) is 7.67. The summed E-state index contributed by atoms with van der Waals surface area (Å²) in [5.74, 6) is -4.78. The maximum atomic E-state index is 11.8. The van der Waals surface area contributed by atoms with Gasteiger partial charge in [-0.25, -0.2) is 19.9 Å². The molecule has 0 aliphatic heterocycles. The monoisotopic (exact) mass is 788 g/mol. The quantitative estimate of drug-likeness (QED) is 0.0711. The van der Waals surface area contributed by atoms with Crippen LogP contribution in [-0.4, -0.2) is 105 Å². The number of carboxylic acids is 1. The molecule has 6 rings (SSSR count). The predicted molar refractivity (Wildman–Crippen MR) is 195 cm³/mol. The molecule has 2 heterocycles. The maximum absolute atomic E-state index is 11.8. The third-order valence-corrected chi connectivity index (χ3v) is 7.67. The molecule has 0 saturated carbocycles. The van der Waals surface area contributed by atoms with Gasteiger partial charge in [-0.3, -0.25) is 28.8 Å². The summed E-state index contributed by atoms with van der Waals surface area (Å²) in [5, 5.41) is 39.4. The molecule has 0 spiro atoms. The molecule has 0 fully saturated rings. The van der Waals surface area contributed by atoms with Crippen LogP contribution in [0.25, 0.3) is 22.5 Å². The van der Waals surface area contributed by atoms with Gasteiger partial charge in [-0.15, -0.1) is 0 Å². The van der Waals surface area contributed by atoms with E-state index in [1.54, 1.807) is 67.6 Å². The molecule has 2 aromatic heterocycles. The first-order valence-corrected chi connectivity index (χ1v) is 16.6. The number of nitrogens with two attached hydrogens (primary N) is 2. The molecule has 292 valence electrons. The summed E-state index contributed by atoms with van der Waals surface area (Å²) in [6.07, 6.45) is 0. The fourth-order valence-electron chi connectivity index (χ4n) is 5.28. The Labute approximate surface area is 326 Å². The van der Waals surface area contributed by atoms with Crippen LogP contribution in [0.3, 0.4) is 0 Å². The van der Waals surface area contributed by atoms with Crippen LogP contribution in [0.4, 0.5) is 0 Å². The molecule has 2 aliphatic carbocycles. The number of ether oxygens (including phenoxy) is 1. The van der Waals surface area contributed by atoms with Gasteiger partial charge >= 0.3 is 11.9 Å². The zero-order chi connectivity index (χ0) is 41.9. The highest BCUT2D eigenvalue weighted by Crippen LogP contribution is 2.36. The van der Waals surface area contributed by atoms with Gasteiger partial charge in [-0.05, 0) is 6.92 Å². The fraction of sp³-hybridized carbons (Fsp3) is 0.167. The normalized spacial score (nSPS) is 12.5. The number of benzene rings is 2. The van der Waals surface area contributed by atoms with Crippen molar-refractivity contribution in [3.8, 4) is 34.7 Å². The van der Waals surface area contributed by atoms with Crippen LogP contribution in [0, 0.1) is 22.7 Å². The van der Waals surface area contributed by atoms with Crippen LogP contribution in [0.15, 0.2) is 58.8 Å². The van der Waals surface area contributed by atoms with Crippen molar-refractivity contribution in [2.45, 2.75) is 6.92 Å². The van der Waals surface area contributed by atoms with E-state index in [2.05, 4.69) is 40.9 Å². The number of oxime groups is 2. The van der Waals surface area contributed by atoms with Gasteiger partial charge in [0, 0.05) is 22.3 Å². The van der Waals surface area contributed by atoms with E-state index in [9.17, 15) is 39.3 Å². The highest BCUT2D eigenvalue weighted by Gasteiger charge is 2.32. The van der Waals surface area contributed by atoms with E-state index in [0.717, 1.165) is 0 Å². The van der Waals surface area contributed by atoms with Gasteiger partial charge < -0.3 is 41.6 Å². The highest BCUT2D eigenvalue weighted by molar-refractivity contribution is 6.23. The third kappa shape index (κ3) is 8.99. The minimum atomic E-state index is -1.19. The Kier molecular flexibility index (Phi) is 12.7. The summed E-state index contributed by atoms with van der Waals surface area (Å²) in [7, 11) is 0. The molecule has 0 radical (unpaired) electrons. The molecule has 0 saturated heterocycles. The van der Waals surface area contributed by atoms with Gasteiger partial charge in [0.25, 0.3) is 23.6 Å². The lowest BCUT2D eigenvalue weighted by molar-refractivity contribution is -0.143. The maximum Gasteiger partial charge on any atom is 0.325 e. The summed E-state index contributed by atoms with van der Waals surface area (Å²) in [4.78, 5) is 95.0. The van der Waals surface area contributed by atoms with Crippen molar-refractivity contribution in [3.05, 3.63) is 93.8 Å². The number of hydrogen-bond donors (Lipinski definition) is 5. The molecular formula is C36H28N12O10. The Morgan fingerprint density at radius 2 is 1.09 bits per heavy atom. The Morgan fingerprint density at radius 3 is 1.47 bits per heavy atom. The van der Waals surface area contributed by atoms with Crippen molar-refractivity contribution in [1.82, 2.24) is 30.6 Å². The molecule has 0 atom stereocenters. The van der Waals surface area contributed by atoms with Crippen molar-refractivity contribution in [3.63, 3.8) is 0 Å². The summed E-state index contributed by atoms with van der Waals surface area (Å²) in [6, 6.07) is 17.5. The Morgan fingerprint density at radius 1 is 0.672 bits per heavy atom. The largest absolute Gasteiger partial charge is 0.480 e. The van der Waals surface area contributed by atoms with Crippen molar-refractivity contribution in [1.29, 1.82) is 10.5 Å². The molecule has 2 aromatic carbocycles. The zero-order valence-corrected chi connectivity index (χ0v) is 30.0. The second-order valence-corrected chi connectivity index (χ2v) is 11.5. The number of nitrogens with zero attached hydrogens (tertiary/aromatic N) is 8. The number of carbonyl (C=O) groups excluding carboxylic acids is 5. The molecule has 4 amide bonds. The van der Waals surface area contributed by atoms with E-state index in [1.165, 1.54) is 0 Å². The number of hydrogen-bond acceptors (Lipinski definition) is 17. The van der Waals surface area contributed by atoms with Crippen molar-refractivity contribution >= 4 is 47.0 Å². The number of aromatic nitrogens is 4. The van der Waals surface area contributed by atoms with Gasteiger partial charge in [0.1, 0.15) is 59.4 Å². The molecule has 7 N–H and O–H groups in total. The number of amides is 4. The van der Waals surface area contributed by atoms with Crippen molar-refractivity contribution in [2.75, 3.05) is 32.9 Å². The fourth-order valence-corrected chi connectivity index (χ4v) is 5.28. The second kappa shape index (κ2) is 18.1. The van der Waals surface area contributed by atoms with Crippen LogP contribution in [0.5, 0.6) is 0 Å². The van der Waals surface area contributed by atoms with Crippen LogP contribution in [0.2, 0.25) is 0 Å². The number of aliphatic carboxylic acids is 1. The topological polar surface area (TPSA) is 350 Å². The van der Waals surface area contributed by atoms with Gasteiger partial charge in [0.2, 0.25) is 0 Å². The Hall–Kier alpha value is -8.66. The van der Waals surface area contributed by atoms with E-state index in [-0.39, 0.29) is 58.7 Å². The van der Waals surface area contributed by atoms with Gasteiger partial charge in [-0.1, -0.05) is 58.8 Å². The van der Waals surface area contributed by atoms with Gasteiger partial charge in [0.05, 0.1) is 6.61 Å². The average molecular weight is 789 g/mol. The first kappa shape index (κ1) is 40.5. The average Bonchev–Trinajstić information content (AvgIpc) is 3.69. The summed E-state index contributed by atoms with van der Waals surface area (Å²) < 4.78 is 4.71. The van der Waals surface area contributed by atoms with Gasteiger partial charge in [0.15, 0.2) is 36.0 Å². The molecule has 22 nitrogen and oxygen atoms in total. The number of carbonyl (C=O) groups is 6. The summed E-state index contributed by atoms with van der Waals surface area (Å²) in [5.41, 5.74) is 13.5. The minimum Gasteiger partial charge on any atom is -0.480 e. The van der Waals surface area contributed by atoms with Crippen molar-refractivity contribution in [2.24, 2.45) is 21.8 Å². The lowest BCUT2D eigenvalue weighted by atomic mass is 10.1. The molecule has 4 aromatic rings. The second-order valence-electron chi connectivity index (χ2n) is 11.5. The summed E-state index contributed by atoms with van der Waals surface area (Å²) >= 11 is 0. The molecule has 0 unspecified atom stereocenters. The van der Waals surface area contributed by atoms with Gasteiger partial charge in [-0.2, -0.15) is 10.5 Å². The lowest BCUT2D eigenvalue weighted by Crippen LogP contribution is -2.33. The first-order chi connectivity index (χ1) is 27.9. The zero-order valence-electron chi connectivity index (χ0n) is 30.0. The molecule has 2 aliphatic rings. The van der Waals surface area contributed by atoms with Crippen molar-refractivity contribution < 1.29 is 48.3 Å². The molecular weight excluding hydrogens is 760 g/mol. The number of primary amides is 2. The molecule has 58 heavy (non-hydrogen) atoms. The predicted octanol–water partition coefficient (Wildman–Crippen LogP) is -0.727. The lowest BCUT2D eigenvalue weighted by Gasteiger charge is -2.05. The SMILES string of the molecule is CCOC(=O)CNC(=O)CON=C1c2ccccc2-c2nc(C(N)=O)c(C#N)nc21.N#Cc1nc2c(nc1C(N)=O)-c1ccccc1C2=NOCC(=O)NCC(=O)O. The number of rotatable bonds is 13. The van der Waals surface area contributed by atoms with E-state index >= 15 is 0 Å². The smallest absolute Gasteiger partial charge is 0.325 e. The number of carboxylic acid groups (broad SMARTS) is 1. The van der Waals surface area contributed by atoms with Crippen LogP contribution in [0.1, 0.15) is 61.8 Å². The molecule has 0 bridgehead atoms. The Balaban J connectivity index is 0.000000221. The van der Waals surface area contributed by atoms with Crippen LogP contribution in [-0.2, 0) is 33.6 Å². The van der Waals surface area contributed by atoms with E-state index in [0.29, 0.717) is 33.6 Å². The Bertz CT molecular complexity index is 2520. The molecule has 22 heteroatoms. The first-order valence-electron chi connectivity index (χ1n) is 16.6. The minimum absolute atomic E-state index is 0.202. The van der Waals surface area contributed by atoms with E-state index in [4.69, 9.17) is 31.0 Å². The number of nitriles is 2. The van der Waals surface area contributed by atoms with E-state index < -0.39 is 55.3 Å².